The van der Waals surface area contributed by atoms with Gasteiger partial charge in [0, 0.05) is 32.5 Å². The third kappa shape index (κ3) is 5.44. The van der Waals surface area contributed by atoms with E-state index in [9.17, 15) is 19.8 Å². The Kier molecular flexibility index (Phi) is 8.28. The van der Waals surface area contributed by atoms with E-state index in [2.05, 4.69) is 38.5 Å². The van der Waals surface area contributed by atoms with Crippen LogP contribution in [0.3, 0.4) is 0 Å². The van der Waals surface area contributed by atoms with Crippen LogP contribution in [0.4, 0.5) is 5.69 Å². The highest BCUT2D eigenvalue weighted by atomic mass is 127. The first-order valence-electron chi connectivity index (χ1n) is 12.9. The van der Waals surface area contributed by atoms with E-state index in [1.165, 1.54) is 0 Å². The van der Waals surface area contributed by atoms with Gasteiger partial charge in [0.2, 0.25) is 5.91 Å². The maximum atomic E-state index is 13.8. The molecule has 202 valence electrons. The largest absolute Gasteiger partial charge is 0.394 e. The molecular weight excluding hydrogens is 671 g/mol. The fourth-order valence-electron chi connectivity index (χ4n) is 5.57. The van der Waals surface area contributed by atoms with E-state index in [-0.39, 0.29) is 30.9 Å². The molecule has 0 fully saturated rings. The third-order valence-electron chi connectivity index (χ3n) is 7.72. The molecule has 0 radical (unpaired) electrons. The average Bonchev–Trinajstić information content (AvgIpc) is 3.14. The number of fused-ring (bicyclic) bond motifs is 2. The molecule has 0 saturated carbocycles. The van der Waals surface area contributed by atoms with Crippen LogP contribution in [0.1, 0.15) is 35.6 Å². The summed E-state index contributed by atoms with van der Waals surface area (Å²) in [6.07, 6.45) is 4.22. The number of carbonyl (C=O) groups excluding carboxylic acids is 2. The van der Waals surface area contributed by atoms with Gasteiger partial charge in [-0.05, 0) is 76.0 Å². The monoisotopic (exact) mass is 700 g/mol. The summed E-state index contributed by atoms with van der Waals surface area (Å²) in [6, 6.07) is 21.2. The maximum absolute atomic E-state index is 13.8. The average molecular weight is 701 g/mol. The number of anilines is 1. The van der Waals surface area contributed by atoms with Crippen LogP contribution < -0.4 is 4.90 Å². The Balaban J connectivity index is 1.35. The first-order chi connectivity index (χ1) is 18.7. The van der Waals surface area contributed by atoms with Crippen molar-refractivity contribution in [2.75, 3.05) is 11.5 Å². The lowest BCUT2D eigenvalue weighted by molar-refractivity contribution is -0.139. The number of aliphatic hydroxyl groups excluding tert-OH is 1. The van der Waals surface area contributed by atoms with Gasteiger partial charge in [-0.2, -0.15) is 0 Å². The number of aliphatic hydroxyl groups is 2. The third-order valence-corrected chi connectivity index (χ3v) is 8.89. The Morgan fingerprint density at radius 3 is 2.67 bits per heavy atom. The normalized spacial score (nSPS) is 21.3. The first-order valence-corrected chi connectivity index (χ1v) is 14.8. The van der Waals surface area contributed by atoms with Gasteiger partial charge in [-0.15, -0.1) is 0 Å². The predicted octanol–water partition coefficient (Wildman–Crippen LogP) is 5.32. The second-order valence-electron chi connectivity index (χ2n) is 10.2. The molecule has 6 nitrogen and oxygen atoms in total. The summed E-state index contributed by atoms with van der Waals surface area (Å²) in [5.41, 5.74) is 2.69. The van der Waals surface area contributed by atoms with Crippen molar-refractivity contribution in [2.45, 2.75) is 44.5 Å². The summed E-state index contributed by atoms with van der Waals surface area (Å²) >= 11 is 5.74. The van der Waals surface area contributed by atoms with Crippen LogP contribution in [0.5, 0.6) is 0 Å². The smallest absolute Gasteiger partial charge is 0.264 e. The molecule has 0 unspecified atom stereocenters. The summed E-state index contributed by atoms with van der Waals surface area (Å²) in [4.78, 5) is 30.3. The Hall–Kier alpha value is -2.53. The number of hydrogen-bond acceptors (Lipinski definition) is 4. The van der Waals surface area contributed by atoms with E-state index in [1.54, 1.807) is 34.9 Å². The molecule has 3 aromatic rings. The van der Waals surface area contributed by atoms with Crippen molar-refractivity contribution in [3.63, 3.8) is 0 Å². The van der Waals surface area contributed by atoms with E-state index in [4.69, 9.17) is 0 Å². The van der Waals surface area contributed by atoms with Gasteiger partial charge in [-0.25, -0.2) is 0 Å². The highest BCUT2D eigenvalue weighted by Gasteiger charge is 2.52. The lowest BCUT2D eigenvalue weighted by Crippen LogP contribution is -2.46. The molecule has 5 rings (SSSR count). The highest BCUT2D eigenvalue weighted by Crippen LogP contribution is 2.46. The molecule has 3 aromatic carbocycles. The first kappa shape index (κ1) is 28.0. The van der Waals surface area contributed by atoms with Crippen LogP contribution in [-0.2, 0) is 34.7 Å². The number of rotatable bonds is 7. The van der Waals surface area contributed by atoms with Crippen molar-refractivity contribution >= 4 is 56.0 Å². The van der Waals surface area contributed by atoms with Crippen molar-refractivity contribution in [2.24, 2.45) is 5.92 Å². The lowest BCUT2D eigenvalue weighted by atomic mass is 9.83. The van der Waals surface area contributed by atoms with E-state index >= 15 is 0 Å². The molecule has 2 aliphatic rings. The minimum absolute atomic E-state index is 0.0970. The number of amides is 2. The van der Waals surface area contributed by atoms with Crippen molar-refractivity contribution < 1.29 is 19.8 Å². The zero-order valence-electron chi connectivity index (χ0n) is 21.6. The van der Waals surface area contributed by atoms with Crippen molar-refractivity contribution in [3.05, 3.63) is 109 Å². The van der Waals surface area contributed by atoms with E-state index < -0.39 is 11.5 Å². The summed E-state index contributed by atoms with van der Waals surface area (Å²) in [6.45, 7) is 2.50. The Bertz CT molecular complexity index is 1440. The van der Waals surface area contributed by atoms with Crippen LogP contribution >= 0.6 is 38.5 Å². The molecule has 0 aromatic heterocycles. The number of benzene rings is 3. The molecule has 0 bridgehead atoms. The molecule has 2 N–H and O–H groups in total. The predicted molar refractivity (Wildman–Crippen MR) is 163 cm³/mol. The summed E-state index contributed by atoms with van der Waals surface area (Å²) < 4.78 is 1.85. The quantitative estimate of drug-likeness (QED) is 0.259. The minimum atomic E-state index is -1.77. The minimum Gasteiger partial charge on any atom is -0.394 e. The number of carbonyl (C=O) groups is 2. The van der Waals surface area contributed by atoms with Gasteiger partial charge in [-0.3, -0.25) is 9.59 Å². The van der Waals surface area contributed by atoms with Crippen LogP contribution in [0.15, 0.2) is 83.4 Å². The van der Waals surface area contributed by atoms with Gasteiger partial charge in [-0.1, -0.05) is 71.4 Å². The Labute approximate surface area is 250 Å². The molecule has 3 atom stereocenters. The Morgan fingerprint density at radius 1 is 1.15 bits per heavy atom. The maximum Gasteiger partial charge on any atom is 0.264 e. The van der Waals surface area contributed by atoms with Gasteiger partial charge in [0.05, 0.1) is 24.9 Å². The fourth-order valence-corrected chi connectivity index (χ4v) is 6.53. The molecule has 0 aliphatic carbocycles. The number of nitrogens with zero attached hydrogens (tertiary/aromatic N) is 2. The highest BCUT2D eigenvalue weighted by molar-refractivity contribution is 14.1. The molecule has 8 heteroatoms. The van der Waals surface area contributed by atoms with Gasteiger partial charge < -0.3 is 20.0 Å². The second-order valence-corrected chi connectivity index (χ2v) is 12.4. The van der Waals surface area contributed by atoms with Crippen molar-refractivity contribution in [1.82, 2.24) is 4.90 Å². The fraction of sp³-hybridized carbons (Fsp3) is 0.290. The van der Waals surface area contributed by atoms with Crippen molar-refractivity contribution in [3.8, 4) is 0 Å². The van der Waals surface area contributed by atoms with E-state index in [1.807, 2.05) is 60.7 Å². The zero-order valence-corrected chi connectivity index (χ0v) is 25.3. The lowest BCUT2D eigenvalue weighted by Gasteiger charge is -2.36. The molecule has 2 aliphatic heterocycles. The summed E-state index contributed by atoms with van der Waals surface area (Å²) in [5, 5.41) is 21.8. The standard InChI is InChI=1S/C31H30BrIN2O4/c1-20(6-4-11-29(37)34-18-23-9-3-2-8-22(23)15-26(34)19-36)31(39)27-16-24(32)12-13-28(27)35(30(31)38)17-21-7-5-10-25(33)14-21/h2-10,12-14,16,20,26,36,39H,11,15,17-19H2,1H3/b6-4+/t20-,26+,31+/m1/s1. The van der Waals surface area contributed by atoms with Gasteiger partial charge in [0.25, 0.3) is 5.91 Å². The van der Waals surface area contributed by atoms with Gasteiger partial charge in [0.1, 0.15) is 0 Å². The second kappa shape index (κ2) is 11.5. The van der Waals surface area contributed by atoms with Crippen LogP contribution in [0, 0.1) is 9.49 Å². The van der Waals surface area contributed by atoms with Crippen molar-refractivity contribution in [1.29, 1.82) is 0 Å². The molecule has 2 heterocycles. The molecule has 2 amide bonds. The number of halogens is 2. The van der Waals surface area contributed by atoms with Crippen LogP contribution in [-0.4, -0.2) is 39.6 Å². The zero-order chi connectivity index (χ0) is 27.7. The molecular formula is C31H30BrIN2O4. The molecule has 0 spiro atoms. The molecule has 39 heavy (non-hydrogen) atoms. The number of hydrogen-bond donors (Lipinski definition) is 2. The van der Waals surface area contributed by atoms with E-state index in [0.29, 0.717) is 30.8 Å². The Morgan fingerprint density at radius 2 is 1.92 bits per heavy atom. The summed E-state index contributed by atoms with van der Waals surface area (Å²) in [7, 11) is 0. The van der Waals surface area contributed by atoms with Gasteiger partial charge in [0.15, 0.2) is 5.60 Å². The van der Waals surface area contributed by atoms with Gasteiger partial charge >= 0.3 is 0 Å². The van der Waals surface area contributed by atoms with Crippen LogP contribution in [0.25, 0.3) is 0 Å². The SMILES string of the molecule is C[C@H](/C=C/CC(=O)N1Cc2ccccc2C[C@H]1CO)[C@@]1(O)C(=O)N(Cc2cccc(I)c2)c2ccc(Br)cc21. The van der Waals surface area contributed by atoms with E-state index in [0.717, 1.165) is 24.7 Å². The molecule has 0 saturated heterocycles. The summed E-state index contributed by atoms with van der Waals surface area (Å²) in [5.74, 6) is -1.06. The topological polar surface area (TPSA) is 81.1 Å². The van der Waals surface area contributed by atoms with Crippen LogP contribution in [0.2, 0.25) is 0 Å².